The van der Waals surface area contributed by atoms with Crippen molar-refractivity contribution < 1.29 is 27.6 Å². The van der Waals surface area contributed by atoms with Crippen LogP contribution in [0.2, 0.25) is 0 Å². The Bertz CT molecular complexity index is 1830. The van der Waals surface area contributed by atoms with Gasteiger partial charge >= 0.3 is 6.03 Å². The van der Waals surface area contributed by atoms with Crippen LogP contribution in [0.5, 0.6) is 11.5 Å². The van der Waals surface area contributed by atoms with Crippen LogP contribution in [0.1, 0.15) is 239 Å². The molecule has 366 valence electrons. The van der Waals surface area contributed by atoms with Gasteiger partial charge in [0.2, 0.25) is 12.1 Å². The Labute approximate surface area is 401 Å². The highest BCUT2D eigenvalue weighted by Crippen LogP contribution is 2.47. The smallest absolute Gasteiger partial charge is 0.340 e. The monoisotopic (exact) mass is 899 g/mol. The standard InChI is InChI=1S/C59H102N4O2/c1-16-22-32-62(33-23-17-2,34-24-18-3)38-28-30-48(31-29-39-63(35-25-19-4,36-26-20-5)37-27-21-6)49-40-47(7)54-50(41-49)45-61-58(14,15)46-60-44-51-42-52(56(8,9)10)43-53(57(11,12)13)55(51)65-59(60,61)64-54/h40-45,48H,16-39,46H2,1-15H3/q+4. The Morgan fingerprint density at radius 3 is 1.42 bits per heavy atom. The van der Waals surface area contributed by atoms with E-state index in [0.717, 1.165) is 23.6 Å². The molecule has 1 spiro atoms. The van der Waals surface area contributed by atoms with Crippen LogP contribution in [0, 0.1) is 6.92 Å². The minimum atomic E-state index is -1.08. The first-order valence-electron chi connectivity index (χ1n) is 27.4. The number of aryl methyl sites for hydroxylation is 1. The second-order valence-corrected chi connectivity index (χ2v) is 24.1. The topological polar surface area (TPSA) is 24.5 Å². The minimum absolute atomic E-state index is 0.0257. The third-order valence-corrected chi connectivity index (χ3v) is 15.8. The number of hydrogen-bond acceptors (Lipinski definition) is 2. The first-order chi connectivity index (χ1) is 30.8. The van der Waals surface area contributed by atoms with Gasteiger partial charge in [0.1, 0.15) is 0 Å². The van der Waals surface area contributed by atoms with Crippen molar-refractivity contribution in [2.75, 3.05) is 58.9 Å². The van der Waals surface area contributed by atoms with E-state index in [9.17, 15) is 0 Å². The van der Waals surface area contributed by atoms with Crippen LogP contribution >= 0.6 is 0 Å². The summed E-state index contributed by atoms with van der Waals surface area (Å²) in [6, 6.07) is 8.72. The van der Waals surface area contributed by atoms with Crippen LogP contribution in [0.15, 0.2) is 24.3 Å². The lowest BCUT2D eigenvalue weighted by Gasteiger charge is -2.40. The summed E-state index contributed by atoms with van der Waals surface area (Å²) in [5.74, 6) is 2.45. The summed E-state index contributed by atoms with van der Waals surface area (Å²) in [6.07, 6.45) is 25.7. The predicted molar refractivity (Wildman–Crippen MR) is 279 cm³/mol. The molecule has 0 aliphatic carbocycles. The van der Waals surface area contributed by atoms with E-state index in [2.05, 4.69) is 150 Å². The minimum Gasteiger partial charge on any atom is -0.340 e. The van der Waals surface area contributed by atoms with Crippen molar-refractivity contribution in [2.24, 2.45) is 0 Å². The summed E-state index contributed by atoms with van der Waals surface area (Å²) in [6.45, 7) is 46.7. The summed E-state index contributed by atoms with van der Waals surface area (Å²) >= 11 is 0. The van der Waals surface area contributed by atoms with E-state index in [4.69, 9.17) is 9.47 Å². The molecule has 1 unspecified atom stereocenters. The zero-order chi connectivity index (χ0) is 47.7. The van der Waals surface area contributed by atoms with E-state index in [0.29, 0.717) is 5.92 Å². The normalized spacial score (nSPS) is 18.1. The van der Waals surface area contributed by atoms with E-state index in [1.807, 2.05) is 0 Å². The van der Waals surface area contributed by atoms with E-state index >= 15 is 0 Å². The summed E-state index contributed by atoms with van der Waals surface area (Å²) < 4.78 is 22.2. The van der Waals surface area contributed by atoms with Crippen molar-refractivity contribution in [1.82, 2.24) is 0 Å². The highest BCUT2D eigenvalue weighted by atomic mass is 16.7. The number of hydrogen-bond donors (Lipinski definition) is 0. The fraction of sp³-hybridized carbons (Fsp3) is 0.763. The summed E-state index contributed by atoms with van der Waals surface area (Å²) in [7, 11) is 0. The maximum absolute atomic E-state index is 7.41. The summed E-state index contributed by atoms with van der Waals surface area (Å²) in [5.41, 5.74) is 7.38. The molecule has 1 fully saturated rings. The van der Waals surface area contributed by atoms with Gasteiger partial charge in [-0.25, -0.2) is 0 Å². The maximum atomic E-state index is 7.41. The molecule has 1 atom stereocenters. The number of unbranched alkanes of at least 4 members (excludes halogenated alkanes) is 6. The lowest BCUT2D eigenvalue weighted by Crippen LogP contribution is -2.61. The molecule has 6 heteroatoms. The molecule has 3 aliphatic rings. The molecule has 65 heavy (non-hydrogen) atoms. The molecule has 0 saturated carbocycles. The Kier molecular flexibility index (Phi) is 18.5. The zero-order valence-electron chi connectivity index (χ0n) is 45.3. The molecular weight excluding hydrogens is 797 g/mol. The molecule has 6 nitrogen and oxygen atoms in total. The van der Waals surface area contributed by atoms with E-state index in [-0.39, 0.29) is 16.4 Å². The van der Waals surface area contributed by atoms with Crippen LogP contribution in [-0.2, 0) is 10.8 Å². The average molecular weight is 899 g/mol. The lowest BCUT2D eigenvalue weighted by molar-refractivity contribution is -0.929. The fourth-order valence-corrected chi connectivity index (χ4v) is 11.6. The van der Waals surface area contributed by atoms with Gasteiger partial charge in [0, 0.05) is 19.4 Å². The van der Waals surface area contributed by atoms with Gasteiger partial charge in [-0.1, -0.05) is 143 Å². The molecule has 0 amide bonds. The Hall–Kier alpha value is -2.70. The molecular formula is C59H102N4O2+4. The number of quaternary nitrogens is 2. The third kappa shape index (κ3) is 12.7. The molecule has 0 aromatic heterocycles. The van der Waals surface area contributed by atoms with Crippen molar-refractivity contribution in [3.8, 4) is 11.5 Å². The molecule has 0 N–H and O–H groups in total. The van der Waals surface area contributed by atoms with E-state index in [1.54, 1.807) is 0 Å². The third-order valence-electron chi connectivity index (χ3n) is 15.8. The average Bonchev–Trinajstić information content (AvgIpc) is 3.48. The van der Waals surface area contributed by atoms with Crippen molar-refractivity contribution in [1.29, 1.82) is 0 Å². The van der Waals surface area contributed by atoms with Gasteiger partial charge in [0.15, 0.2) is 23.9 Å². The van der Waals surface area contributed by atoms with Crippen molar-refractivity contribution in [3.05, 3.63) is 57.6 Å². The van der Waals surface area contributed by atoms with Gasteiger partial charge in [-0.2, -0.15) is 0 Å². The molecule has 2 aromatic carbocycles. The van der Waals surface area contributed by atoms with Gasteiger partial charge in [-0.05, 0) is 117 Å². The van der Waals surface area contributed by atoms with Crippen LogP contribution in [0.25, 0.3) is 0 Å². The Balaban J connectivity index is 1.55. The quantitative estimate of drug-likeness (QED) is 0.0659. The number of rotatable bonds is 27. The Morgan fingerprint density at radius 2 is 0.985 bits per heavy atom. The molecule has 0 bridgehead atoms. The maximum Gasteiger partial charge on any atom is 0.704 e. The highest BCUT2D eigenvalue weighted by molar-refractivity contribution is 5.85. The zero-order valence-corrected chi connectivity index (χ0v) is 45.3. The summed E-state index contributed by atoms with van der Waals surface area (Å²) in [4.78, 5) is 0. The fourth-order valence-electron chi connectivity index (χ4n) is 11.6. The van der Waals surface area contributed by atoms with E-state index < -0.39 is 6.03 Å². The summed E-state index contributed by atoms with van der Waals surface area (Å²) in [5, 5.41) is 0. The second kappa shape index (κ2) is 22.6. The Morgan fingerprint density at radius 1 is 0.554 bits per heavy atom. The van der Waals surface area contributed by atoms with Gasteiger partial charge in [0.05, 0.1) is 63.5 Å². The predicted octanol–water partition coefficient (Wildman–Crippen LogP) is 14.4. The molecule has 0 radical (unpaired) electrons. The molecule has 3 heterocycles. The molecule has 1 saturated heterocycles. The number of fused-ring (bicyclic) bond motifs is 2. The molecule has 5 rings (SSSR count). The largest absolute Gasteiger partial charge is 0.704 e. The first kappa shape index (κ1) is 53.3. The molecule has 3 aliphatic heterocycles. The number of ether oxygens (including phenoxy) is 2. The van der Waals surface area contributed by atoms with Crippen molar-refractivity contribution in [3.63, 3.8) is 0 Å². The van der Waals surface area contributed by atoms with Crippen LogP contribution in [0.4, 0.5) is 0 Å². The number of nitrogens with zero attached hydrogens (tertiary/aromatic N) is 4. The SMILES string of the molecule is CCCC[N+](CCCC)(CCCC)CCCC(CCC[N+](CCCC)(CCCC)CCCC)c1cc(C)c2c(c1)C=[N+]1C(C)(C)C[N+]3=Cc4cc(C(C)(C)C)cc(C(C)(C)C)c4OC31O2. The van der Waals surface area contributed by atoms with Gasteiger partial charge in [0.25, 0.3) is 0 Å². The first-order valence-corrected chi connectivity index (χ1v) is 27.4. The van der Waals surface area contributed by atoms with Crippen LogP contribution in [-0.4, -0.2) is 101 Å². The highest BCUT2D eigenvalue weighted by Gasteiger charge is 2.75. The number of benzene rings is 2. The second-order valence-electron chi connectivity index (χ2n) is 24.1. The lowest BCUT2D eigenvalue weighted by atomic mass is 9.79. The van der Waals surface area contributed by atoms with Crippen molar-refractivity contribution in [2.45, 2.75) is 235 Å². The van der Waals surface area contributed by atoms with Crippen molar-refractivity contribution >= 4 is 12.4 Å². The van der Waals surface area contributed by atoms with Crippen LogP contribution in [0.3, 0.4) is 0 Å². The van der Waals surface area contributed by atoms with Gasteiger partial charge < -0.3 is 18.4 Å². The van der Waals surface area contributed by atoms with Gasteiger partial charge in [-0.15, -0.1) is 0 Å². The van der Waals surface area contributed by atoms with Gasteiger partial charge in [-0.3, -0.25) is 0 Å². The molecule has 2 aromatic rings. The van der Waals surface area contributed by atoms with Crippen LogP contribution < -0.4 is 9.47 Å². The van der Waals surface area contributed by atoms with E-state index in [1.165, 1.54) is 192 Å².